The Morgan fingerprint density at radius 1 is 1.10 bits per heavy atom. The maximum Gasteiger partial charge on any atom is 0.0224 e. The summed E-state index contributed by atoms with van der Waals surface area (Å²) in [6.07, 6.45) is 5.82. The van der Waals surface area contributed by atoms with Gasteiger partial charge in [-0.05, 0) is 0 Å². The lowest BCUT2D eigenvalue weighted by Crippen LogP contribution is -1.93. The molecular weight excluding hydrogens is 136 g/mol. The summed E-state index contributed by atoms with van der Waals surface area (Å²) in [5.41, 5.74) is 1.04. The van der Waals surface area contributed by atoms with Crippen molar-refractivity contribution in [2.75, 3.05) is 0 Å². The first-order chi connectivity index (χ1) is 4.77. The lowest BCUT2D eigenvalue weighted by atomic mass is 10.2. The zero-order chi connectivity index (χ0) is 7.82. The number of hydrogen-bond donors (Lipinski definition) is 0. The third-order valence-electron chi connectivity index (χ3n) is 1.89. The largest absolute Gasteiger partial charge is 0.0657 e. The summed E-state index contributed by atoms with van der Waals surface area (Å²) in [5.74, 6) is 0. The standard InChI is InChI=1S/C9H22Si/c1-4-5-6-7-8-10-9(2)3/h9H,4-8,10H2,1-3H3. The van der Waals surface area contributed by atoms with Crippen LogP contribution in [0.25, 0.3) is 0 Å². The van der Waals surface area contributed by atoms with Crippen molar-refractivity contribution in [3.8, 4) is 0 Å². The topological polar surface area (TPSA) is 0 Å². The molecule has 0 radical (unpaired) electrons. The molecule has 0 saturated carbocycles. The zero-order valence-corrected chi connectivity index (χ0v) is 9.23. The molecule has 0 rings (SSSR count). The quantitative estimate of drug-likeness (QED) is 0.412. The van der Waals surface area contributed by atoms with Gasteiger partial charge in [0.2, 0.25) is 0 Å². The second-order valence-corrected chi connectivity index (χ2v) is 6.51. The van der Waals surface area contributed by atoms with Crippen molar-refractivity contribution in [3.63, 3.8) is 0 Å². The molecule has 0 spiro atoms. The highest BCUT2D eigenvalue weighted by Crippen LogP contribution is 2.07. The Balaban J connectivity index is 2.77. The fraction of sp³-hybridized carbons (Fsp3) is 1.00. The normalized spacial score (nSPS) is 12.0. The average Bonchev–Trinajstić information content (AvgIpc) is 1.87. The smallest absolute Gasteiger partial charge is 0.0224 e. The van der Waals surface area contributed by atoms with Gasteiger partial charge >= 0.3 is 0 Å². The molecule has 0 bridgehead atoms. The minimum Gasteiger partial charge on any atom is -0.0657 e. The van der Waals surface area contributed by atoms with Gasteiger partial charge in [-0.3, -0.25) is 0 Å². The highest BCUT2D eigenvalue weighted by atomic mass is 28.2. The van der Waals surface area contributed by atoms with Crippen LogP contribution in [0.3, 0.4) is 0 Å². The number of rotatable bonds is 6. The van der Waals surface area contributed by atoms with Gasteiger partial charge in [0.1, 0.15) is 0 Å². The molecule has 0 aliphatic heterocycles. The molecule has 0 fully saturated rings. The van der Waals surface area contributed by atoms with Crippen molar-refractivity contribution >= 4 is 9.52 Å². The van der Waals surface area contributed by atoms with Gasteiger partial charge in [-0.25, -0.2) is 0 Å². The van der Waals surface area contributed by atoms with E-state index in [9.17, 15) is 0 Å². The first-order valence-electron chi connectivity index (χ1n) is 4.77. The van der Waals surface area contributed by atoms with E-state index in [1.165, 1.54) is 25.7 Å². The Morgan fingerprint density at radius 3 is 2.30 bits per heavy atom. The van der Waals surface area contributed by atoms with Crippen LogP contribution in [0.15, 0.2) is 0 Å². The summed E-state index contributed by atoms with van der Waals surface area (Å²) in [7, 11) is 0.318. The Morgan fingerprint density at radius 2 is 1.80 bits per heavy atom. The summed E-state index contributed by atoms with van der Waals surface area (Å²) in [6.45, 7) is 7.01. The molecule has 0 unspecified atom stereocenters. The lowest BCUT2D eigenvalue weighted by molar-refractivity contribution is 0.698. The van der Waals surface area contributed by atoms with Crippen molar-refractivity contribution < 1.29 is 0 Å². The van der Waals surface area contributed by atoms with Crippen LogP contribution >= 0.6 is 0 Å². The highest BCUT2D eigenvalue weighted by molar-refractivity contribution is 6.37. The monoisotopic (exact) mass is 158 g/mol. The average molecular weight is 158 g/mol. The SMILES string of the molecule is CCCCCC[SiH2]C(C)C. The fourth-order valence-corrected chi connectivity index (χ4v) is 2.61. The van der Waals surface area contributed by atoms with E-state index in [4.69, 9.17) is 0 Å². The van der Waals surface area contributed by atoms with Crippen LogP contribution in [-0.4, -0.2) is 9.52 Å². The summed E-state index contributed by atoms with van der Waals surface area (Å²) in [6, 6.07) is 1.58. The van der Waals surface area contributed by atoms with Crippen LogP contribution < -0.4 is 0 Å². The molecule has 0 aromatic rings. The van der Waals surface area contributed by atoms with Gasteiger partial charge in [0, 0.05) is 9.52 Å². The second kappa shape index (κ2) is 7.33. The van der Waals surface area contributed by atoms with Gasteiger partial charge in [-0.2, -0.15) is 0 Å². The number of hydrogen-bond acceptors (Lipinski definition) is 0. The molecule has 62 valence electrons. The molecule has 0 nitrogen and oxygen atoms in total. The molecule has 1 heteroatoms. The van der Waals surface area contributed by atoms with Crippen molar-refractivity contribution in [2.45, 2.75) is 58.0 Å². The maximum absolute atomic E-state index is 2.37. The molecule has 0 heterocycles. The molecule has 0 amide bonds. The van der Waals surface area contributed by atoms with Crippen LogP contribution in [0, 0.1) is 0 Å². The van der Waals surface area contributed by atoms with Crippen molar-refractivity contribution in [1.29, 1.82) is 0 Å². The summed E-state index contributed by atoms with van der Waals surface area (Å²) in [4.78, 5) is 0. The first-order valence-corrected chi connectivity index (χ1v) is 6.59. The van der Waals surface area contributed by atoms with Gasteiger partial charge in [0.15, 0.2) is 0 Å². The third kappa shape index (κ3) is 8.22. The van der Waals surface area contributed by atoms with Crippen LogP contribution in [0.4, 0.5) is 0 Å². The lowest BCUT2D eigenvalue weighted by Gasteiger charge is -2.01. The van der Waals surface area contributed by atoms with Gasteiger partial charge < -0.3 is 0 Å². The van der Waals surface area contributed by atoms with E-state index in [0.29, 0.717) is 9.52 Å². The second-order valence-electron chi connectivity index (χ2n) is 3.60. The van der Waals surface area contributed by atoms with Crippen molar-refractivity contribution in [3.05, 3.63) is 0 Å². The maximum atomic E-state index is 2.37. The highest BCUT2D eigenvalue weighted by Gasteiger charge is 1.93. The van der Waals surface area contributed by atoms with Gasteiger partial charge in [-0.1, -0.05) is 58.0 Å². The van der Waals surface area contributed by atoms with E-state index < -0.39 is 0 Å². The summed E-state index contributed by atoms with van der Waals surface area (Å²) < 4.78 is 0. The van der Waals surface area contributed by atoms with E-state index in [0.717, 1.165) is 5.54 Å². The van der Waals surface area contributed by atoms with E-state index in [2.05, 4.69) is 20.8 Å². The molecule has 0 N–H and O–H groups in total. The number of unbranched alkanes of at least 4 members (excludes halogenated alkanes) is 3. The van der Waals surface area contributed by atoms with Crippen LogP contribution in [0.1, 0.15) is 46.5 Å². The van der Waals surface area contributed by atoms with Crippen LogP contribution in [-0.2, 0) is 0 Å². The summed E-state index contributed by atoms with van der Waals surface area (Å²) >= 11 is 0. The zero-order valence-electron chi connectivity index (χ0n) is 7.82. The summed E-state index contributed by atoms with van der Waals surface area (Å²) in [5, 5.41) is 0. The minimum absolute atomic E-state index is 0.318. The van der Waals surface area contributed by atoms with E-state index in [1.54, 1.807) is 6.04 Å². The Labute approximate surface area is 68.2 Å². The third-order valence-corrected chi connectivity index (χ3v) is 3.95. The van der Waals surface area contributed by atoms with E-state index >= 15 is 0 Å². The molecule has 0 saturated heterocycles. The molecule has 0 aliphatic carbocycles. The Bertz CT molecular complexity index is 59.7. The van der Waals surface area contributed by atoms with Crippen LogP contribution in [0.5, 0.6) is 0 Å². The molecule has 0 aromatic carbocycles. The van der Waals surface area contributed by atoms with Gasteiger partial charge in [0.05, 0.1) is 0 Å². The first kappa shape index (κ1) is 10.2. The van der Waals surface area contributed by atoms with Gasteiger partial charge in [0.25, 0.3) is 0 Å². The van der Waals surface area contributed by atoms with Crippen molar-refractivity contribution in [1.82, 2.24) is 0 Å². The Hall–Kier alpha value is 0.217. The van der Waals surface area contributed by atoms with E-state index in [-0.39, 0.29) is 0 Å². The molecular formula is C9H22Si. The van der Waals surface area contributed by atoms with Gasteiger partial charge in [-0.15, -0.1) is 0 Å². The molecule has 0 atom stereocenters. The fourth-order valence-electron chi connectivity index (χ4n) is 1.16. The minimum atomic E-state index is 0.318. The van der Waals surface area contributed by atoms with Crippen LogP contribution in [0.2, 0.25) is 11.6 Å². The molecule has 0 aromatic heterocycles. The van der Waals surface area contributed by atoms with E-state index in [1.807, 2.05) is 0 Å². The predicted molar refractivity (Wildman–Crippen MR) is 52.6 cm³/mol. The predicted octanol–water partition coefficient (Wildman–Crippen LogP) is 2.98. The van der Waals surface area contributed by atoms with Crippen molar-refractivity contribution in [2.24, 2.45) is 0 Å². The molecule has 0 aliphatic rings. The Kier molecular flexibility index (Phi) is 7.48. The molecule has 10 heavy (non-hydrogen) atoms.